The fraction of sp³-hybridized carbons (Fsp3) is 0.452. The highest BCUT2D eigenvalue weighted by atomic mass is 16.1. The van der Waals surface area contributed by atoms with E-state index in [-0.39, 0.29) is 0 Å². The number of carbonyl (C=O) groups is 1. The zero-order chi connectivity index (χ0) is 26.1. The first-order valence-corrected chi connectivity index (χ1v) is 14.2. The van der Waals surface area contributed by atoms with Crippen LogP contribution in [0.25, 0.3) is 16.8 Å². The predicted octanol–water partition coefficient (Wildman–Crippen LogP) is 5.52. The first-order valence-electron chi connectivity index (χ1n) is 14.2. The average molecular weight is 511 g/mol. The molecule has 6 rings (SSSR count). The Morgan fingerprint density at radius 1 is 1.03 bits per heavy atom. The van der Waals surface area contributed by atoms with Crippen molar-refractivity contribution in [3.8, 4) is 11.3 Å². The molecule has 0 bridgehead atoms. The topological polar surface area (TPSA) is 59.2 Å². The van der Waals surface area contributed by atoms with E-state index in [0.717, 1.165) is 66.4 Å². The lowest BCUT2D eigenvalue weighted by atomic mass is 9.94. The second kappa shape index (κ2) is 10.6. The van der Waals surface area contributed by atoms with Crippen molar-refractivity contribution in [1.82, 2.24) is 24.2 Å². The number of hydrogen-bond donors (Lipinski definition) is 0. The molecule has 1 amide bonds. The van der Waals surface area contributed by atoms with Gasteiger partial charge >= 0.3 is 0 Å². The fourth-order valence-corrected chi connectivity index (χ4v) is 6.45. The van der Waals surface area contributed by atoms with Crippen LogP contribution in [0, 0.1) is 0 Å². The minimum atomic E-state index is 0.435. The van der Waals surface area contributed by atoms with Gasteiger partial charge in [-0.1, -0.05) is 44.1 Å². The van der Waals surface area contributed by atoms with Gasteiger partial charge in [0.1, 0.15) is 11.5 Å². The molecule has 1 saturated heterocycles. The highest BCUT2D eigenvalue weighted by Gasteiger charge is 2.30. The summed E-state index contributed by atoms with van der Waals surface area (Å²) < 4.78 is 4.38. The minimum absolute atomic E-state index is 0.435. The number of hydrogen-bond acceptors (Lipinski definition) is 4. The Morgan fingerprint density at radius 3 is 2.50 bits per heavy atom. The lowest BCUT2D eigenvalue weighted by molar-refractivity contribution is -0.118. The van der Waals surface area contributed by atoms with Crippen LogP contribution in [-0.4, -0.2) is 50.3 Å². The van der Waals surface area contributed by atoms with Gasteiger partial charge < -0.3 is 14.4 Å². The largest absolute Gasteiger partial charge is 0.372 e. The number of nitrogens with zero attached hydrogens (tertiary/aromatic N) is 6. The summed E-state index contributed by atoms with van der Waals surface area (Å²) in [4.78, 5) is 21.1. The van der Waals surface area contributed by atoms with E-state index in [1.54, 1.807) is 0 Å². The minimum Gasteiger partial charge on any atom is -0.372 e. The van der Waals surface area contributed by atoms with Crippen molar-refractivity contribution in [2.45, 2.75) is 64.0 Å². The maximum atomic E-state index is 11.7. The highest BCUT2D eigenvalue weighted by molar-refractivity contribution is 5.79. The lowest BCUT2D eigenvalue weighted by Gasteiger charge is -2.28. The number of rotatable bonds is 7. The Hall–Kier alpha value is -3.61. The molecule has 0 spiro atoms. The molecule has 2 fully saturated rings. The second-order valence-electron chi connectivity index (χ2n) is 11.0. The molecule has 0 radical (unpaired) electrons. The van der Waals surface area contributed by atoms with Crippen molar-refractivity contribution in [3.63, 3.8) is 0 Å². The van der Waals surface area contributed by atoms with Crippen LogP contribution in [0.4, 0.5) is 5.69 Å². The number of aryl methyl sites for hydroxylation is 1. The lowest BCUT2D eigenvalue weighted by Crippen LogP contribution is -2.31. The predicted molar refractivity (Wildman–Crippen MR) is 152 cm³/mol. The molecular formula is C31H38N6O. The van der Waals surface area contributed by atoms with E-state index < -0.39 is 0 Å². The molecule has 3 aliphatic rings. The third kappa shape index (κ3) is 4.59. The Balaban J connectivity index is 1.38. The van der Waals surface area contributed by atoms with Crippen LogP contribution >= 0.6 is 0 Å². The van der Waals surface area contributed by atoms with Gasteiger partial charge in [-0.05, 0) is 43.9 Å². The molecule has 1 aromatic carbocycles. The second-order valence-corrected chi connectivity index (χ2v) is 11.0. The highest BCUT2D eigenvalue weighted by Crippen LogP contribution is 2.36. The molecule has 0 atom stereocenters. The molecule has 198 valence electrons. The summed E-state index contributed by atoms with van der Waals surface area (Å²) in [5.74, 6) is 0.864. The van der Waals surface area contributed by atoms with E-state index in [9.17, 15) is 4.79 Å². The summed E-state index contributed by atoms with van der Waals surface area (Å²) >= 11 is 0. The van der Waals surface area contributed by atoms with Crippen LogP contribution in [0.1, 0.15) is 73.8 Å². The Morgan fingerprint density at radius 2 is 1.79 bits per heavy atom. The van der Waals surface area contributed by atoms with Crippen molar-refractivity contribution in [2.75, 3.05) is 24.5 Å². The van der Waals surface area contributed by atoms with Gasteiger partial charge in [-0.3, -0.25) is 9.48 Å². The molecule has 1 aliphatic carbocycles. The van der Waals surface area contributed by atoms with Crippen molar-refractivity contribution in [2.24, 2.45) is 7.05 Å². The standard InChI is InChI=1S/C31H38N6O/c1-3-9-26(30-27-20-35(22-38)19-16-29(27)37(33-30)25-10-5-4-6-11-25)31-32-28(21-34(31)2)23-12-14-24(15-13-23)36-17-7-8-18-36/h3,9,12-15,21-22,25H,1,4-8,10-11,16-20H2,2H3/b26-9-. The summed E-state index contributed by atoms with van der Waals surface area (Å²) in [6.45, 7) is 7.63. The molecule has 3 aromatic rings. The molecular weight excluding hydrogens is 472 g/mol. The third-order valence-corrected chi connectivity index (χ3v) is 8.48. The van der Waals surface area contributed by atoms with E-state index in [1.807, 2.05) is 24.1 Å². The van der Waals surface area contributed by atoms with E-state index >= 15 is 0 Å². The summed E-state index contributed by atoms with van der Waals surface area (Å²) in [5.41, 5.74) is 7.67. The van der Waals surface area contributed by atoms with Gasteiger partial charge in [-0.15, -0.1) is 0 Å². The number of benzene rings is 1. The number of carbonyl (C=O) groups excluding carboxylic acids is 1. The summed E-state index contributed by atoms with van der Waals surface area (Å²) in [7, 11) is 2.05. The molecule has 2 aromatic heterocycles. The normalized spacial score (nSPS) is 18.6. The van der Waals surface area contributed by atoms with Crippen molar-refractivity contribution in [3.05, 3.63) is 72.0 Å². The molecule has 7 heteroatoms. The van der Waals surface area contributed by atoms with Crippen molar-refractivity contribution in [1.29, 1.82) is 0 Å². The molecule has 4 heterocycles. The number of imidazole rings is 1. The first kappa shape index (κ1) is 24.7. The Labute approximate surface area is 225 Å². The van der Waals surface area contributed by atoms with Crippen molar-refractivity contribution < 1.29 is 4.79 Å². The summed E-state index contributed by atoms with van der Waals surface area (Å²) in [5, 5.41) is 5.26. The van der Waals surface area contributed by atoms with Crippen LogP contribution in [0.3, 0.4) is 0 Å². The zero-order valence-electron chi connectivity index (χ0n) is 22.5. The number of amides is 1. The SMILES string of the molecule is C=C/C=C(/c1nn(C2CCCCC2)c2c1CN(C=O)CC2)c1nc(-c2ccc(N3CCCC3)cc2)cn1C. The number of anilines is 1. The van der Waals surface area contributed by atoms with Gasteiger partial charge in [0, 0.05) is 73.9 Å². The summed E-state index contributed by atoms with van der Waals surface area (Å²) in [6, 6.07) is 9.22. The van der Waals surface area contributed by atoms with Gasteiger partial charge in [0.05, 0.1) is 11.7 Å². The van der Waals surface area contributed by atoms with Gasteiger partial charge in [-0.2, -0.15) is 5.10 Å². The Bertz CT molecular complexity index is 1340. The number of aromatic nitrogens is 4. The maximum absolute atomic E-state index is 11.7. The maximum Gasteiger partial charge on any atom is 0.210 e. The van der Waals surface area contributed by atoms with Gasteiger partial charge in [-0.25, -0.2) is 4.98 Å². The molecule has 1 saturated carbocycles. The third-order valence-electron chi connectivity index (χ3n) is 8.48. The molecule has 0 unspecified atom stereocenters. The quantitative estimate of drug-likeness (QED) is 0.310. The van der Waals surface area contributed by atoms with Crippen molar-refractivity contribution >= 4 is 17.7 Å². The summed E-state index contributed by atoms with van der Waals surface area (Å²) in [6.07, 6.45) is 16.5. The van der Waals surface area contributed by atoms with Crippen LogP contribution in [-0.2, 0) is 24.8 Å². The van der Waals surface area contributed by atoms with Crippen LogP contribution in [0.5, 0.6) is 0 Å². The van der Waals surface area contributed by atoms with E-state index in [4.69, 9.17) is 10.1 Å². The van der Waals surface area contributed by atoms with Crippen LogP contribution in [0.15, 0.2) is 49.2 Å². The van der Waals surface area contributed by atoms with E-state index in [2.05, 4.69) is 51.2 Å². The van der Waals surface area contributed by atoms with Gasteiger partial charge in [0.15, 0.2) is 0 Å². The smallest absolute Gasteiger partial charge is 0.210 e. The Kier molecular flexibility index (Phi) is 6.92. The average Bonchev–Trinajstić information content (AvgIpc) is 3.71. The fourth-order valence-electron chi connectivity index (χ4n) is 6.45. The first-order chi connectivity index (χ1) is 18.7. The van der Waals surface area contributed by atoms with Crippen LogP contribution in [0.2, 0.25) is 0 Å². The van der Waals surface area contributed by atoms with Gasteiger partial charge in [0.25, 0.3) is 0 Å². The number of fused-ring (bicyclic) bond motifs is 1. The molecule has 2 aliphatic heterocycles. The van der Waals surface area contributed by atoms with Crippen LogP contribution < -0.4 is 4.90 Å². The molecule has 0 N–H and O–H groups in total. The van der Waals surface area contributed by atoms with E-state index in [1.165, 1.54) is 56.3 Å². The zero-order valence-corrected chi connectivity index (χ0v) is 22.5. The number of allylic oxidation sites excluding steroid dienone is 2. The molecule has 7 nitrogen and oxygen atoms in total. The molecule has 38 heavy (non-hydrogen) atoms. The van der Waals surface area contributed by atoms with E-state index in [0.29, 0.717) is 12.6 Å². The van der Waals surface area contributed by atoms with Gasteiger partial charge in [0.2, 0.25) is 6.41 Å². The monoisotopic (exact) mass is 510 g/mol.